The van der Waals surface area contributed by atoms with Gasteiger partial charge in [0.1, 0.15) is 23.9 Å². The maximum absolute atomic E-state index is 13.9. The summed E-state index contributed by atoms with van der Waals surface area (Å²) < 4.78 is 38.0. The van der Waals surface area contributed by atoms with Crippen molar-refractivity contribution in [2.45, 2.75) is 102 Å². The molecule has 10 nitrogen and oxygen atoms in total. The van der Waals surface area contributed by atoms with E-state index in [1.54, 1.807) is 43.5 Å². The first-order chi connectivity index (χ1) is 20.3. The van der Waals surface area contributed by atoms with Crippen molar-refractivity contribution in [3.05, 3.63) is 59.7 Å². The van der Waals surface area contributed by atoms with E-state index in [-0.39, 0.29) is 13.0 Å². The predicted molar refractivity (Wildman–Crippen MR) is 153 cm³/mol. The van der Waals surface area contributed by atoms with Crippen LogP contribution in [0.1, 0.15) is 57.8 Å². The second kappa shape index (κ2) is 10.2. The van der Waals surface area contributed by atoms with Gasteiger partial charge < -0.3 is 38.6 Å². The fourth-order valence-corrected chi connectivity index (χ4v) is 8.94. The molecule has 2 heterocycles. The highest BCUT2D eigenvalue weighted by Gasteiger charge is 2.79. The highest BCUT2D eigenvalue weighted by Crippen LogP contribution is 2.66. The molecule has 1 aromatic carbocycles. The van der Waals surface area contributed by atoms with Crippen LogP contribution in [0.3, 0.4) is 0 Å². The Bertz CT molecular complexity index is 1340. The quantitative estimate of drug-likeness (QED) is 0.385. The molecule has 2 aliphatic heterocycles. The Morgan fingerprint density at radius 1 is 1.14 bits per heavy atom. The number of aliphatic hydroxyl groups excluding tert-OH is 1. The van der Waals surface area contributed by atoms with Gasteiger partial charge in [0.25, 0.3) is 0 Å². The van der Waals surface area contributed by atoms with E-state index in [9.17, 15) is 19.8 Å². The molecular weight excluding hydrogens is 556 g/mol. The normalized spacial score (nSPS) is 44.5. The second-order valence-corrected chi connectivity index (χ2v) is 13.4. The third-order valence-corrected chi connectivity index (χ3v) is 11.1. The average Bonchev–Trinajstić information content (AvgIpc) is 3.38. The Hall–Kier alpha value is -2.60. The molecule has 11 atom stereocenters. The molecule has 2 N–H and O–H groups in total. The third kappa shape index (κ3) is 4.07. The lowest BCUT2D eigenvalue weighted by Gasteiger charge is -2.69. The minimum atomic E-state index is -1.85. The van der Waals surface area contributed by atoms with Crippen LogP contribution in [0.15, 0.2) is 54.1 Å². The van der Waals surface area contributed by atoms with Crippen LogP contribution in [-0.4, -0.2) is 90.0 Å². The van der Waals surface area contributed by atoms with Gasteiger partial charge in [-0.25, -0.2) is 4.79 Å². The Labute approximate surface area is 251 Å². The van der Waals surface area contributed by atoms with Crippen LogP contribution >= 0.6 is 0 Å². The number of esters is 2. The summed E-state index contributed by atoms with van der Waals surface area (Å²) in [5.74, 6) is -2.08. The molecule has 2 saturated heterocycles. The predicted octanol–water partition coefficient (Wildman–Crippen LogP) is 3.10. The number of carbonyl (C=O) groups excluding carboxylic acids is 2. The van der Waals surface area contributed by atoms with E-state index >= 15 is 0 Å². The number of fused-ring (bicyclic) bond motifs is 8. The average molecular weight is 599 g/mol. The lowest BCUT2D eigenvalue weighted by Crippen LogP contribution is -2.82. The summed E-state index contributed by atoms with van der Waals surface area (Å²) in [5.41, 5.74) is -3.66. The Kier molecular flexibility index (Phi) is 7.23. The van der Waals surface area contributed by atoms with Gasteiger partial charge in [-0.15, -0.1) is 0 Å². The smallest absolute Gasteiger partial charge is 0.338 e. The fraction of sp³-hybridized carbons (Fsp3) is 0.636. The molecule has 5 aliphatic rings. The van der Waals surface area contributed by atoms with Gasteiger partial charge in [0, 0.05) is 37.7 Å². The zero-order valence-corrected chi connectivity index (χ0v) is 25.6. The first-order valence-corrected chi connectivity index (χ1v) is 14.9. The molecule has 6 rings (SSSR count). The minimum Gasteiger partial charge on any atom is -0.455 e. The van der Waals surface area contributed by atoms with Gasteiger partial charge >= 0.3 is 11.9 Å². The van der Waals surface area contributed by atoms with Gasteiger partial charge in [0.15, 0.2) is 11.9 Å². The van der Waals surface area contributed by atoms with E-state index < -0.39 is 82.8 Å². The van der Waals surface area contributed by atoms with Crippen LogP contribution in [0.4, 0.5) is 0 Å². The number of methoxy groups -OCH3 is 1. The van der Waals surface area contributed by atoms with Gasteiger partial charge in [0.05, 0.1) is 36.4 Å². The number of hydrogen-bond acceptors (Lipinski definition) is 10. The maximum Gasteiger partial charge on any atom is 0.338 e. The molecule has 0 unspecified atom stereocenters. The van der Waals surface area contributed by atoms with E-state index in [0.29, 0.717) is 23.1 Å². The van der Waals surface area contributed by atoms with Gasteiger partial charge in [0.2, 0.25) is 0 Å². The van der Waals surface area contributed by atoms with Crippen molar-refractivity contribution in [2.24, 2.45) is 16.7 Å². The van der Waals surface area contributed by atoms with Gasteiger partial charge in [-0.05, 0) is 36.3 Å². The van der Waals surface area contributed by atoms with Crippen molar-refractivity contribution >= 4 is 11.9 Å². The molecule has 0 aromatic heterocycles. The van der Waals surface area contributed by atoms with Crippen LogP contribution < -0.4 is 0 Å². The van der Waals surface area contributed by atoms with E-state index in [1.807, 2.05) is 27.7 Å². The molecule has 10 heteroatoms. The third-order valence-electron chi connectivity index (χ3n) is 11.1. The lowest BCUT2D eigenvalue weighted by molar-refractivity contribution is -0.363. The summed E-state index contributed by atoms with van der Waals surface area (Å²) in [6.07, 6.45) is -3.94. The Balaban J connectivity index is 1.66. The van der Waals surface area contributed by atoms with Crippen molar-refractivity contribution in [3.8, 4) is 0 Å². The van der Waals surface area contributed by atoms with Crippen LogP contribution in [0.2, 0.25) is 0 Å². The zero-order valence-electron chi connectivity index (χ0n) is 25.6. The van der Waals surface area contributed by atoms with Crippen molar-refractivity contribution in [1.82, 2.24) is 0 Å². The molecule has 0 spiro atoms. The number of benzene rings is 1. The zero-order chi connectivity index (χ0) is 31.1. The molecule has 2 saturated carbocycles. The van der Waals surface area contributed by atoms with Crippen molar-refractivity contribution in [1.29, 1.82) is 0 Å². The highest BCUT2D eigenvalue weighted by molar-refractivity contribution is 5.89. The first kappa shape index (κ1) is 30.4. The first-order valence-electron chi connectivity index (χ1n) is 14.9. The summed E-state index contributed by atoms with van der Waals surface area (Å²) in [6.45, 7) is 12.8. The molecule has 1 aromatic rings. The molecular formula is C33H42O10. The molecule has 4 fully saturated rings. The topological polar surface area (TPSA) is 130 Å². The van der Waals surface area contributed by atoms with Crippen molar-refractivity contribution in [2.75, 3.05) is 13.7 Å². The van der Waals surface area contributed by atoms with E-state index in [0.717, 1.165) is 0 Å². The van der Waals surface area contributed by atoms with Crippen molar-refractivity contribution in [3.63, 3.8) is 0 Å². The number of hydrogen-bond donors (Lipinski definition) is 2. The number of aliphatic hydroxyl groups is 2. The largest absolute Gasteiger partial charge is 0.455 e. The Morgan fingerprint density at radius 2 is 1.84 bits per heavy atom. The number of ether oxygens (including phenoxy) is 6. The minimum absolute atomic E-state index is 0.0250. The molecule has 234 valence electrons. The van der Waals surface area contributed by atoms with Crippen LogP contribution in [0.25, 0.3) is 0 Å². The van der Waals surface area contributed by atoms with Crippen LogP contribution in [0.5, 0.6) is 0 Å². The summed E-state index contributed by atoms with van der Waals surface area (Å²) in [4.78, 5) is 26.7. The molecule has 0 amide bonds. The summed E-state index contributed by atoms with van der Waals surface area (Å²) in [6, 6.07) is 8.53. The van der Waals surface area contributed by atoms with E-state index in [1.165, 1.54) is 6.92 Å². The van der Waals surface area contributed by atoms with E-state index in [2.05, 4.69) is 6.58 Å². The highest BCUT2D eigenvalue weighted by atomic mass is 16.7. The molecule has 43 heavy (non-hydrogen) atoms. The second-order valence-electron chi connectivity index (χ2n) is 13.4. The lowest BCUT2D eigenvalue weighted by atomic mass is 9.44. The summed E-state index contributed by atoms with van der Waals surface area (Å²) >= 11 is 0. The fourth-order valence-electron chi connectivity index (χ4n) is 8.94. The van der Waals surface area contributed by atoms with Crippen LogP contribution in [-0.2, 0) is 33.2 Å². The van der Waals surface area contributed by atoms with Crippen molar-refractivity contribution < 1.29 is 48.2 Å². The van der Waals surface area contributed by atoms with E-state index in [4.69, 9.17) is 28.4 Å². The molecule has 3 aliphatic carbocycles. The SMILES string of the molecule is C=C[C@@H]1O[C@@H]2C3=C(C)[C@@H](O)C[C@@](O)([C@@H](OC(=O)c4ccccc4)[C@@H]4[C@]5(OC(C)=O)CO[C@@H]5C[C@H](OC)[C@@]4(C)[C@@H]2O1)C3(C)C. The number of carbonyl (C=O) groups is 2. The summed E-state index contributed by atoms with van der Waals surface area (Å²) in [7, 11) is 1.60. The van der Waals surface area contributed by atoms with Gasteiger partial charge in [-0.2, -0.15) is 0 Å². The molecule has 0 radical (unpaired) electrons. The molecule has 2 bridgehead atoms. The van der Waals surface area contributed by atoms with Gasteiger partial charge in [-0.1, -0.05) is 45.5 Å². The standard InChI is InChI=1S/C33H42O10/c1-8-23-40-25-24-17(2)20(35)15-33(37,30(24,4)5)28(42-29(36)19-12-10-9-11-13-19)26-31(6,27(25)41-23)21(38-7)14-22-32(26,16-39-22)43-18(3)34/h8-13,20-23,25-28,35,37H,1,14-16H2,2-7H3/t20-,21-,22+,23+,25+,26-,27+,28-,31+,32-,33+/m0/s1. The van der Waals surface area contributed by atoms with Crippen LogP contribution in [0, 0.1) is 16.7 Å². The number of rotatable bonds is 5. The Morgan fingerprint density at radius 3 is 2.42 bits per heavy atom. The van der Waals surface area contributed by atoms with Gasteiger partial charge in [-0.3, -0.25) is 4.79 Å². The monoisotopic (exact) mass is 598 g/mol. The summed E-state index contributed by atoms with van der Waals surface area (Å²) in [5, 5.41) is 24.6. The maximum atomic E-state index is 13.9.